The summed E-state index contributed by atoms with van der Waals surface area (Å²) in [5.74, 6) is 1.05. The molecule has 0 amide bonds. The van der Waals surface area contributed by atoms with Gasteiger partial charge in [-0.3, -0.25) is 9.69 Å². The van der Waals surface area contributed by atoms with Crippen LogP contribution in [0, 0.1) is 12.8 Å². The second kappa shape index (κ2) is 6.33. The molecule has 1 saturated heterocycles. The molecule has 1 aromatic carbocycles. The second-order valence-electron chi connectivity index (χ2n) is 5.84. The van der Waals surface area contributed by atoms with Crippen LogP contribution >= 0.6 is 0 Å². The number of aryl methyl sites for hydroxylation is 1. The maximum Gasteiger partial charge on any atom is 0.179 e. The third kappa shape index (κ3) is 3.44. The topological polar surface area (TPSA) is 20.3 Å². The van der Waals surface area contributed by atoms with E-state index in [0.29, 0.717) is 0 Å². The molecule has 0 aliphatic carbocycles. The lowest BCUT2D eigenvalue weighted by Crippen LogP contribution is -2.37. The minimum Gasteiger partial charge on any atom is -0.293 e. The fourth-order valence-corrected chi connectivity index (χ4v) is 2.98. The van der Waals surface area contributed by atoms with Crippen LogP contribution < -0.4 is 0 Å². The smallest absolute Gasteiger partial charge is 0.179 e. The van der Waals surface area contributed by atoms with E-state index >= 15 is 0 Å². The average Bonchev–Trinajstić information content (AvgIpc) is 2.87. The van der Waals surface area contributed by atoms with Crippen molar-refractivity contribution in [3.63, 3.8) is 0 Å². The predicted octanol–water partition coefficient (Wildman–Crippen LogP) is 3.69. The Hall–Kier alpha value is -1.15. The molecule has 2 nitrogen and oxygen atoms in total. The van der Waals surface area contributed by atoms with Gasteiger partial charge in [0.1, 0.15) is 0 Å². The van der Waals surface area contributed by atoms with Crippen LogP contribution in [0.2, 0.25) is 0 Å². The van der Waals surface area contributed by atoms with Gasteiger partial charge in [-0.2, -0.15) is 0 Å². The van der Waals surface area contributed by atoms with Crippen molar-refractivity contribution in [3.05, 3.63) is 35.4 Å². The predicted molar refractivity (Wildman–Crippen MR) is 79.6 cm³/mol. The second-order valence-corrected chi connectivity index (χ2v) is 5.84. The molecular formula is C17H25NO. The highest BCUT2D eigenvalue weighted by Gasteiger charge is 2.29. The van der Waals surface area contributed by atoms with Gasteiger partial charge in [-0.1, -0.05) is 43.2 Å². The summed E-state index contributed by atoms with van der Waals surface area (Å²) in [5, 5.41) is 0. The zero-order valence-electron chi connectivity index (χ0n) is 12.4. The van der Waals surface area contributed by atoms with E-state index in [2.05, 4.69) is 18.7 Å². The highest BCUT2D eigenvalue weighted by Crippen LogP contribution is 2.23. The van der Waals surface area contributed by atoms with E-state index in [9.17, 15) is 4.79 Å². The maximum absolute atomic E-state index is 12.5. The molecule has 19 heavy (non-hydrogen) atoms. The number of ketones is 1. The highest BCUT2D eigenvalue weighted by molar-refractivity contribution is 5.99. The summed E-state index contributed by atoms with van der Waals surface area (Å²) in [6, 6.07) is 7.96. The van der Waals surface area contributed by atoms with Crippen molar-refractivity contribution in [2.45, 2.75) is 46.1 Å². The number of hydrogen-bond acceptors (Lipinski definition) is 2. The Labute approximate surface area is 116 Å². The van der Waals surface area contributed by atoms with Crippen molar-refractivity contribution in [3.8, 4) is 0 Å². The number of Topliss-reactive ketones (excluding diaryl/α,β-unsaturated/α-hetero) is 1. The summed E-state index contributed by atoms with van der Waals surface area (Å²) in [5.41, 5.74) is 2.05. The number of nitrogens with zero attached hydrogens (tertiary/aromatic N) is 1. The zero-order valence-corrected chi connectivity index (χ0v) is 12.4. The molecule has 0 bridgehead atoms. The molecule has 1 fully saturated rings. The van der Waals surface area contributed by atoms with E-state index in [4.69, 9.17) is 0 Å². The number of rotatable bonds is 5. The molecule has 1 aliphatic heterocycles. The fraction of sp³-hybridized carbons (Fsp3) is 0.588. The van der Waals surface area contributed by atoms with Crippen molar-refractivity contribution in [1.82, 2.24) is 4.90 Å². The Kier molecular flexibility index (Phi) is 4.76. The Morgan fingerprint density at radius 1 is 1.37 bits per heavy atom. The molecule has 1 heterocycles. The molecule has 104 valence electrons. The number of likely N-dealkylation sites (tertiary alicyclic amines) is 1. The fourth-order valence-electron chi connectivity index (χ4n) is 2.98. The van der Waals surface area contributed by atoms with Crippen LogP contribution in [0.15, 0.2) is 24.3 Å². The first kappa shape index (κ1) is 14.3. The minimum atomic E-state index is 0.0181. The summed E-state index contributed by atoms with van der Waals surface area (Å²) < 4.78 is 0. The van der Waals surface area contributed by atoms with Gasteiger partial charge in [0.05, 0.1) is 6.04 Å². The number of hydrogen-bond donors (Lipinski definition) is 0. The quantitative estimate of drug-likeness (QED) is 0.752. The van der Waals surface area contributed by atoms with Crippen molar-refractivity contribution in [2.24, 2.45) is 5.92 Å². The number of benzene rings is 1. The Bertz CT molecular complexity index is 423. The van der Waals surface area contributed by atoms with E-state index in [1.807, 2.05) is 31.2 Å². The Balaban J connectivity index is 1.98. The van der Waals surface area contributed by atoms with Gasteiger partial charge in [0, 0.05) is 12.1 Å². The van der Waals surface area contributed by atoms with Crippen LogP contribution in [0.5, 0.6) is 0 Å². The van der Waals surface area contributed by atoms with E-state index in [1.54, 1.807) is 0 Å². The monoisotopic (exact) mass is 259 g/mol. The summed E-state index contributed by atoms with van der Waals surface area (Å²) in [6.45, 7) is 8.50. The molecular weight excluding hydrogens is 234 g/mol. The lowest BCUT2D eigenvalue weighted by atomic mass is 10.0. The van der Waals surface area contributed by atoms with Gasteiger partial charge >= 0.3 is 0 Å². The third-order valence-electron chi connectivity index (χ3n) is 4.28. The normalized spacial score (nSPS) is 21.5. The van der Waals surface area contributed by atoms with Crippen molar-refractivity contribution >= 4 is 5.78 Å². The van der Waals surface area contributed by atoms with Gasteiger partial charge in [0.2, 0.25) is 0 Å². The molecule has 2 atom stereocenters. The van der Waals surface area contributed by atoms with Crippen LogP contribution in [0.3, 0.4) is 0 Å². The summed E-state index contributed by atoms with van der Waals surface area (Å²) >= 11 is 0. The zero-order chi connectivity index (χ0) is 13.8. The van der Waals surface area contributed by atoms with Gasteiger partial charge in [0.25, 0.3) is 0 Å². The van der Waals surface area contributed by atoms with Gasteiger partial charge in [-0.05, 0) is 39.2 Å². The molecule has 0 radical (unpaired) electrons. The van der Waals surface area contributed by atoms with Crippen LogP contribution in [-0.2, 0) is 0 Å². The summed E-state index contributed by atoms with van der Waals surface area (Å²) in [6.07, 6.45) is 3.79. The van der Waals surface area contributed by atoms with Gasteiger partial charge in [0.15, 0.2) is 5.78 Å². The molecule has 0 saturated carbocycles. The number of carbonyl (C=O) groups excluding carboxylic acids is 1. The lowest BCUT2D eigenvalue weighted by Gasteiger charge is -2.23. The van der Waals surface area contributed by atoms with Crippen molar-refractivity contribution < 1.29 is 4.79 Å². The molecule has 0 spiro atoms. The first-order valence-corrected chi connectivity index (χ1v) is 7.46. The van der Waals surface area contributed by atoms with E-state index < -0.39 is 0 Å². The first-order chi connectivity index (χ1) is 9.11. The molecule has 2 heteroatoms. The van der Waals surface area contributed by atoms with Crippen molar-refractivity contribution in [1.29, 1.82) is 0 Å². The summed E-state index contributed by atoms with van der Waals surface area (Å²) in [7, 11) is 0. The molecule has 1 aliphatic rings. The van der Waals surface area contributed by atoms with Gasteiger partial charge in [-0.25, -0.2) is 0 Å². The van der Waals surface area contributed by atoms with E-state index in [-0.39, 0.29) is 11.8 Å². The van der Waals surface area contributed by atoms with Crippen LogP contribution in [0.4, 0.5) is 0 Å². The SMILES string of the molecule is CCCC1CCN(C(C)C(=O)c2ccc(C)cc2)C1. The van der Waals surface area contributed by atoms with Crippen LogP contribution in [-0.4, -0.2) is 29.8 Å². The van der Waals surface area contributed by atoms with Gasteiger partial charge < -0.3 is 0 Å². The van der Waals surface area contributed by atoms with E-state index in [1.165, 1.54) is 24.8 Å². The van der Waals surface area contributed by atoms with Gasteiger partial charge in [-0.15, -0.1) is 0 Å². The largest absolute Gasteiger partial charge is 0.293 e. The molecule has 2 unspecified atom stereocenters. The molecule has 2 rings (SSSR count). The highest BCUT2D eigenvalue weighted by atomic mass is 16.1. The van der Waals surface area contributed by atoms with Crippen molar-refractivity contribution in [2.75, 3.05) is 13.1 Å². The third-order valence-corrected chi connectivity index (χ3v) is 4.28. The molecule has 0 N–H and O–H groups in total. The molecule has 1 aromatic rings. The standard InChI is InChI=1S/C17H25NO/c1-4-5-15-10-11-18(12-15)14(3)17(19)16-8-6-13(2)7-9-16/h6-9,14-15H,4-5,10-12H2,1-3H3. The number of carbonyl (C=O) groups is 1. The minimum absolute atomic E-state index is 0.0181. The van der Waals surface area contributed by atoms with E-state index in [0.717, 1.165) is 24.6 Å². The van der Waals surface area contributed by atoms with Crippen LogP contribution in [0.1, 0.15) is 49.0 Å². The van der Waals surface area contributed by atoms with Crippen LogP contribution in [0.25, 0.3) is 0 Å². The Morgan fingerprint density at radius 3 is 2.68 bits per heavy atom. The Morgan fingerprint density at radius 2 is 2.05 bits per heavy atom. The average molecular weight is 259 g/mol. The maximum atomic E-state index is 12.5. The molecule has 0 aromatic heterocycles. The first-order valence-electron chi connectivity index (χ1n) is 7.46. The lowest BCUT2D eigenvalue weighted by molar-refractivity contribution is 0.0862. The summed E-state index contributed by atoms with van der Waals surface area (Å²) in [4.78, 5) is 14.8.